The fourth-order valence-corrected chi connectivity index (χ4v) is 1.76. The Labute approximate surface area is 98.1 Å². The van der Waals surface area contributed by atoms with Crippen LogP contribution in [0.2, 0.25) is 0 Å². The van der Waals surface area contributed by atoms with Gasteiger partial charge in [0, 0.05) is 12.7 Å². The number of rotatable bonds is 2. The molecule has 17 heavy (non-hydrogen) atoms. The molecule has 0 aromatic carbocycles. The summed E-state index contributed by atoms with van der Waals surface area (Å²) in [4.78, 5) is 16.6. The van der Waals surface area contributed by atoms with Gasteiger partial charge in [-0.1, -0.05) is 0 Å². The number of aliphatic carboxylic acids is 1. The van der Waals surface area contributed by atoms with Gasteiger partial charge in [0.2, 0.25) is 0 Å². The molecule has 1 N–H and O–H groups in total. The first-order valence-corrected chi connectivity index (χ1v) is 5.17. The monoisotopic (exact) mass is 233 g/mol. The minimum Gasteiger partial charge on any atom is -0.479 e. The lowest BCUT2D eigenvalue weighted by Gasteiger charge is -2.32. The average molecular weight is 233 g/mol. The van der Waals surface area contributed by atoms with Crippen molar-refractivity contribution in [3.8, 4) is 6.07 Å². The number of pyridine rings is 1. The van der Waals surface area contributed by atoms with Gasteiger partial charge < -0.3 is 14.7 Å². The Morgan fingerprint density at radius 1 is 1.71 bits per heavy atom. The van der Waals surface area contributed by atoms with Crippen LogP contribution in [-0.2, 0) is 9.53 Å². The Morgan fingerprint density at radius 2 is 2.53 bits per heavy atom. The van der Waals surface area contributed by atoms with Gasteiger partial charge in [-0.15, -0.1) is 0 Å². The summed E-state index contributed by atoms with van der Waals surface area (Å²) in [5.41, 5.74) is 0.961. The molecule has 2 rings (SSSR count). The number of hydrogen-bond donors (Lipinski definition) is 1. The summed E-state index contributed by atoms with van der Waals surface area (Å²) < 4.78 is 5.12. The Morgan fingerprint density at radius 3 is 3.24 bits per heavy atom. The number of morpholine rings is 1. The summed E-state index contributed by atoms with van der Waals surface area (Å²) in [7, 11) is 0. The maximum Gasteiger partial charge on any atom is 0.334 e. The lowest BCUT2D eigenvalue weighted by Crippen LogP contribution is -2.46. The quantitative estimate of drug-likeness (QED) is 0.787. The molecule has 0 radical (unpaired) electrons. The third-order valence-electron chi connectivity index (χ3n) is 2.57. The molecule has 1 atom stereocenters. The minimum absolute atomic E-state index is 0.232. The molecule has 1 aliphatic heterocycles. The van der Waals surface area contributed by atoms with E-state index in [0.29, 0.717) is 24.5 Å². The molecule has 1 aromatic rings. The molecular formula is C11H11N3O3. The summed E-state index contributed by atoms with van der Waals surface area (Å²) >= 11 is 0. The first-order chi connectivity index (χ1) is 8.22. The van der Waals surface area contributed by atoms with E-state index in [9.17, 15) is 4.79 Å². The van der Waals surface area contributed by atoms with E-state index in [1.165, 1.54) is 6.20 Å². The number of ether oxygens (including phenoxy) is 1. The second-order valence-electron chi connectivity index (χ2n) is 3.63. The van der Waals surface area contributed by atoms with Crippen LogP contribution in [0.4, 0.5) is 5.69 Å². The third-order valence-corrected chi connectivity index (χ3v) is 2.57. The highest BCUT2D eigenvalue weighted by Gasteiger charge is 2.27. The van der Waals surface area contributed by atoms with Crippen molar-refractivity contribution in [2.45, 2.75) is 6.10 Å². The normalized spacial score (nSPS) is 19.7. The highest BCUT2D eigenvalue weighted by Crippen LogP contribution is 2.20. The zero-order valence-corrected chi connectivity index (χ0v) is 9.04. The maximum atomic E-state index is 10.9. The fourth-order valence-electron chi connectivity index (χ4n) is 1.76. The van der Waals surface area contributed by atoms with E-state index in [1.807, 2.05) is 11.0 Å². The molecule has 1 saturated heterocycles. The van der Waals surface area contributed by atoms with Crippen molar-refractivity contribution in [1.82, 2.24) is 4.98 Å². The fraction of sp³-hybridized carbons (Fsp3) is 0.364. The van der Waals surface area contributed by atoms with E-state index in [4.69, 9.17) is 15.1 Å². The van der Waals surface area contributed by atoms with Gasteiger partial charge in [0.25, 0.3) is 0 Å². The third kappa shape index (κ3) is 2.34. The van der Waals surface area contributed by atoms with Gasteiger partial charge in [0.05, 0.1) is 18.8 Å². The van der Waals surface area contributed by atoms with Crippen molar-refractivity contribution in [2.24, 2.45) is 0 Å². The van der Waals surface area contributed by atoms with E-state index in [1.54, 1.807) is 12.1 Å². The van der Waals surface area contributed by atoms with Crippen molar-refractivity contribution in [3.63, 3.8) is 0 Å². The van der Waals surface area contributed by atoms with Gasteiger partial charge in [-0.3, -0.25) is 0 Å². The van der Waals surface area contributed by atoms with E-state index in [2.05, 4.69) is 4.98 Å². The SMILES string of the molecule is N#Cc1ncccc1N1CCOC(C(=O)O)C1. The smallest absolute Gasteiger partial charge is 0.334 e. The van der Waals surface area contributed by atoms with E-state index in [0.717, 1.165) is 0 Å². The molecular weight excluding hydrogens is 222 g/mol. The van der Waals surface area contributed by atoms with Crippen molar-refractivity contribution >= 4 is 11.7 Å². The Bertz CT molecular complexity index is 469. The molecule has 0 aliphatic carbocycles. The van der Waals surface area contributed by atoms with Crippen LogP contribution in [0.5, 0.6) is 0 Å². The van der Waals surface area contributed by atoms with Gasteiger partial charge in [0.1, 0.15) is 6.07 Å². The molecule has 1 aliphatic rings. The molecule has 0 spiro atoms. The zero-order chi connectivity index (χ0) is 12.3. The van der Waals surface area contributed by atoms with Gasteiger partial charge in [-0.05, 0) is 12.1 Å². The molecule has 1 unspecified atom stereocenters. The van der Waals surface area contributed by atoms with Crippen molar-refractivity contribution < 1.29 is 14.6 Å². The summed E-state index contributed by atoms with van der Waals surface area (Å²) in [6.07, 6.45) is 0.687. The van der Waals surface area contributed by atoms with Crippen molar-refractivity contribution in [3.05, 3.63) is 24.0 Å². The number of carboxylic acid groups (broad SMARTS) is 1. The first-order valence-electron chi connectivity index (χ1n) is 5.17. The number of nitrogens with zero attached hydrogens (tertiary/aromatic N) is 3. The van der Waals surface area contributed by atoms with Gasteiger partial charge in [-0.25, -0.2) is 9.78 Å². The number of aromatic nitrogens is 1. The van der Waals surface area contributed by atoms with Crippen molar-refractivity contribution in [1.29, 1.82) is 5.26 Å². The lowest BCUT2D eigenvalue weighted by molar-refractivity contribution is -0.150. The van der Waals surface area contributed by atoms with Crippen molar-refractivity contribution in [2.75, 3.05) is 24.6 Å². The number of anilines is 1. The largest absolute Gasteiger partial charge is 0.479 e. The lowest BCUT2D eigenvalue weighted by atomic mass is 10.2. The average Bonchev–Trinajstić information content (AvgIpc) is 2.39. The summed E-state index contributed by atoms with van der Waals surface area (Å²) in [6.45, 7) is 1.12. The molecule has 2 heterocycles. The molecule has 1 fully saturated rings. The predicted octanol–water partition coefficient (Wildman–Crippen LogP) is 0.243. The number of nitriles is 1. The Hall–Kier alpha value is -2.13. The summed E-state index contributed by atoms with van der Waals surface area (Å²) in [5.74, 6) is -0.989. The van der Waals surface area contributed by atoms with Crippen LogP contribution in [0.3, 0.4) is 0 Å². The Balaban J connectivity index is 2.22. The van der Waals surface area contributed by atoms with Gasteiger partial charge >= 0.3 is 5.97 Å². The molecule has 0 amide bonds. The molecule has 0 saturated carbocycles. The minimum atomic E-state index is -0.989. The van der Waals surface area contributed by atoms with Crippen LogP contribution in [-0.4, -0.2) is 41.9 Å². The van der Waals surface area contributed by atoms with Crippen LogP contribution in [0.1, 0.15) is 5.69 Å². The summed E-state index contributed by atoms with van der Waals surface area (Å²) in [6, 6.07) is 5.48. The molecule has 1 aromatic heterocycles. The van der Waals surface area contributed by atoms with E-state index < -0.39 is 12.1 Å². The number of carboxylic acids is 1. The highest BCUT2D eigenvalue weighted by atomic mass is 16.5. The van der Waals surface area contributed by atoms with Crippen LogP contribution in [0, 0.1) is 11.3 Å². The van der Waals surface area contributed by atoms with Crippen LogP contribution >= 0.6 is 0 Å². The molecule has 88 valence electrons. The molecule has 0 bridgehead atoms. The summed E-state index contributed by atoms with van der Waals surface area (Å²) in [5, 5.41) is 17.8. The van der Waals surface area contributed by atoms with Crippen LogP contribution in [0.25, 0.3) is 0 Å². The van der Waals surface area contributed by atoms with Gasteiger partial charge in [0.15, 0.2) is 11.8 Å². The highest BCUT2D eigenvalue weighted by molar-refractivity contribution is 5.74. The van der Waals surface area contributed by atoms with E-state index in [-0.39, 0.29) is 6.54 Å². The van der Waals surface area contributed by atoms with Gasteiger partial charge in [-0.2, -0.15) is 5.26 Å². The first kappa shape index (κ1) is 11.4. The predicted molar refractivity (Wildman–Crippen MR) is 58.5 cm³/mol. The van der Waals surface area contributed by atoms with Crippen LogP contribution in [0.15, 0.2) is 18.3 Å². The standard InChI is InChI=1S/C11H11N3O3/c12-6-8-9(2-1-3-13-8)14-4-5-17-10(7-14)11(15)16/h1-3,10H,4-5,7H2,(H,15,16). The van der Waals surface area contributed by atoms with E-state index >= 15 is 0 Å². The van der Waals surface area contributed by atoms with Crippen LogP contribution < -0.4 is 4.90 Å². The molecule has 6 nitrogen and oxygen atoms in total. The number of carbonyl (C=O) groups is 1. The second-order valence-corrected chi connectivity index (χ2v) is 3.63. The second kappa shape index (κ2) is 4.80. The topological polar surface area (TPSA) is 86.5 Å². The maximum absolute atomic E-state index is 10.9. The zero-order valence-electron chi connectivity index (χ0n) is 9.04. The molecule has 6 heteroatoms. The Kier molecular flexibility index (Phi) is 3.21. The number of hydrogen-bond acceptors (Lipinski definition) is 5.